The largest absolute Gasteiger partial charge is 0.395 e. The smallest absolute Gasteiger partial charge is 0.126 e. The summed E-state index contributed by atoms with van der Waals surface area (Å²) >= 11 is 0. The third-order valence-electron chi connectivity index (χ3n) is 3.97. The van der Waals surface area contributed by atoms with Gasteiger partial charge in [-0.15, -0.1) is 0 Å². The molecule has 0 fully saturated rings. The van der Waals surface area contributed by atoms with Gasteiger partial charge in [0.1, 0.15) is 5.82 Å². The molecule has 1 atom stereocenters. The average Bonchev–Trinajstić information content (AvgIpc) is 2.38. The van der Waals surface area contributed by atoms with Gasteiger partial charge < -0.3 is 5.11 Å². The number of hydrogen-bond donors (Lipinski definition) is 1. The first kappa shape index (κ1) is 13.5. The molecule has 2 nitrogen and oxygen atoms in total. The van der Waals surface area contributed by atoms with Crippen molar-refractivity contribution in [2.24, 2.45) is 0 Å². The number of aliphatic hydroxyl groups excluding tert-OH is 1. The lowest BCUT2D eigenvalue weighted by molar-refractivity contribution is 0.184. The molecule has 3 heteroatoms. The van der Waals surface area contributed by atoms with Crippen LogP contribution in [0.1, 0.15) is 42.9 Å². The minimum atomic E-state index is -0.0568. The zero-order chi connectivity index (χ0) is 13.1. The highest BCUT2D eigenvalue weighted by Gasteiger charge is 2.19. The van der Waals surface area contributed by atoms with E-state index in [1.54, 1.807) is 6.07 Å². The van der Waals surface area contributed by atoms with Crippen LogP contribution in [0.2, 0.25) is 0 Å². The lowest BCUT2D eigenvalue weighted by Gasteiger charge is -2.29. The van der Waals surface area contributed by atoms with Gasteiger partial charge in [-0.2, -0.15) is 0 Å². The quantitative estimate of drug-likeness (QED) is 0.889. The van der Waals surface area contributed by atoms with Crippen molar-refractivity contribution >= 4 is 0 Å². The Kier molecular flexibility index (Phi) is 4.36. The number of nitrogens with zero attached hydrogens (tertiary/aromatic N) is 1. The maximum absolute atomic E-state index is 14.0. The number of halogens is 1. The van der Waals surface area contributed by atoms with E-state index in [1.165, 1.54) is 5.56 Å². The van der Waals surface area contributed by atoms with Crippen LogP contribution in [0, 0.1) is 5.82 Å². The highest BCUT2D eigenvalue weighted by molar-refractivity contribution is 5.36. The van der Waals surface area contributed by atoms with Crippen molar-refractivity contribution in [2.45, 2.75) is 39.2 Å². The summed E-state index contributed by atoms with van der Waals surface area (Å²) in [6.07, 6.45) is 1.84. The molecule has 1 aliphatic rings. The Balaban J connectivity index is 2.26. The van der Waals surface area contributed by atoms with Gasteiger partial charge in [-0.25, -0.2) is 4.39 Å². The van der Waals surface area contributed by atoms with Crippen molar-refractivity contribution in [1.29, 1.82) is 0 Å². The lowest BCUT2D eigenvalue weighted by atomic mass is 9.91. The Morgan fingerprint density at radius 3 is 2.83 bits per heavy atom. The fraction of sp³-hybridized carbons (Fsp3) is 0.600. The van der Waals surface area contributed by atoms with Crippen LogP contribution in [0.4, 0.5) is 4.39 Å². The predicted molar refractivity (Wildman–Crippen MR) is 71.2 cm³/mol. The van der Waals surface area contributed by atoms with Crippen LogP contribution in [0.3, 0.4) is 0 Å². The van der Waals surface area contributed by atoms with Crippen LogP contribution >= 0.6 is 0 Å². The minimum Gasteiger partial charge on any atom is -0.395 e. The molecule has 0 saturated carbocycles. The molecule has 2 rings (SSSR count). The normalized spacial score (nSPS) is 17.6. The van der Waals surface area contributed by atoms with Crippen LogP contribution in [-0.4, -0.2) is 29.7 Å². The summed E-state index contributed by atoms with van der Waals surface area (Å²) in [5.74, 6) is 0.210. The number of rotatable bonds is 4. The van der Waals surface area contributed by atoms with Crippen molar-refractivity contribution in [2.75, 3.05) is 19.7 Å². The number of fused-ring (bicyclic) bond motifs is 1. The summed E-state index contributed by atoms with van der Waals surface area (Å²) in [6, 6.07) is 3.75. The molecule has 0 amide bonds. The van der Waals surface area contributed by atoms with E-state index in [9.17, 15) is 4.39 Å². The van der Waals surface area contributed by atoms with E-state index in [4.69, 9.17) is 5.11 Å². The second kappa shape index (κ2) is 5.81. The zero-order valence-electron chi connectivity index (χ0n) is 11.2. The summed E-state index contributed by atoms with van der Waals surface area (Å²) in [5.41, 5.74) is 3.20. The van der Waals surface area contributed by atoms with Gasteiger partial charge >= 0.3 is 0 Å². The second-order valence-corrected chi connectivity index (χ2v) is 5.20. The van der Waals surface area contributed by atoms with Crippen LogP contribution in [0.25, 0.3) is 0 Å². The van der Waals surface area contributed by atoms with Crippen molar-refractivity contribution in [3.8, 4) is 0 Å². The fourth-order valence-electron chi connectivity index (χ4n) is 2.59. The van der Waals surface area contributed by atoms with Crippen LogP contribution in [-0.2, 0) is 13.0 Å². The second-order valence-electron chi connectivity index (χ2n) is 5.20. The van der Waals surface area contributed by atoms with Crippen LogP contribution in [0.5, 0.6) is 0 Å². The van der Waals surface area contributed by atoms with Gasteiger partial charge in [0.2, 0.25) is 0 Å². The first-order chi connectivity index (χ1) is 8.65. The Hall–Kier alpha value is -0.930. The Morgan fingerprint density at radius 1 is 1.39 bits per heavy atom. The first-order valence-corrected chi connectivity index (χ1v) is 6.80. The average molecular weight is 251 g/mol. The van der Waals surface area contributed by atoms with Gasteiger partial charge in [-0.1, -0.05) is 19.9 Å². The molecule has 0 aliphatic carbocycles. The van der Waals surface area contributed by atoms with E-state index in [1.807, 2.05) is 6.07 Å². The fourth-order valence-corrected chi connectivity index (χ4v) is 2.59. The number of benzene rings is 1. The van der Waals surface area contributed by atoms with E-state index in [0.29, 0.717) is 6.54 Å². The van der Waals surface area contributed by atoms with Gasteiger partial charge in [-0.3, -0.25) is 4.90 Å². The van der Waals surface area contributed by atoms with E-state index in [0.717, 1.165) is 37.1 Å². The zero-order valence-corrected chi connectivity index (χ0v) is 11.2. The molecule has 1 heterocycles. The number of β-amino-alcohol motifs (C(OH)–C–C–N with tert-alkyl or cyclic N) is 1. The number of aliphatic hydroxyl groups is 1. The number of hydrogen-bond acceptors (Lipinski definition) is 2. The Bertz CT molecular complexity index is 419. The topological polar surface area (TPSA) is 23.5 Å². The third-order valence-corrected chi connectivity index (χ3v) is 3.97. The van der Waals surface area contributed by atoms with Crippen molar-refractivity contribution in [3.63, 3.8) is 0 Å². The third kappa shape index (κ3) is 2.73. The van der Waals surface area contributed by atoms with Gasteiger partial charge in [0.15, 0.2) is 0 Å². The summed E-state index contributed by atoms with van der Waals surface area (Å²) in [5, 5.41) is 8.99. The maximum Gasteiger partial charge on any atom is 0.126 e. The Morgan fingerprint density at radius 2 is 2.17 bits per heavy atom. The summed E-state index contributed by atoms with van der Waals surface area (Å²) in [6.45, 7) is 6.79. The van der Waals surface area contributed by atoms with E-state index in [2.05, 4.69) is 18.7 Å². The van der Waals surface area contributed by atoms with Crippen molar-refractivity contribution in [3.05, 3.63) is 34.6 Å². The van der Waals surface area contributed by atoms with E-state index >= 15 is 0 Å². The van der Waals surface area contributed by atoms with Gasteiger partial charge in [0, 0.05) is 19.6 Å². The molecular formula is C15H22FNO. The van der Waals surface area contributed by atoms with Gasteiger partial charge in [0.05, 0.1) is 6.61 Å². The van der Waals surface area contributed by atoms with Gasteiger partial charge in [0.25, 0.3) is 0 Å². The van der Waals surface area contributed by atoms with Crippen LogP contribution in [0.15, 0.2) is 12.1 Å². The van der Waals surface area contributed by atoms with E-state index in [-0.39, 0.29) is 18.3 Å². The molecule has 0 bridgehead atoms. The minimum absolute atomic E-state index is 0.0568. The van der Waals surface area contributed by atoms with E-state index < -0.39 is 0 Å². The molecule has 0 spiro atoms. The monoisotopic (exact) mass is 251 g/mol. The molecular weight excluding hydrogens is 229 g/mol. The Labute approximate surface area is 108 Å². The highest BCUT2D eigenvalue weighted by atomic mass is 19.1. The molecule has 0 aromatic heterocycles. The van der Waals surface area contributed by atoms with Crippen molar-refractivity contribution < 1.29 is 9.50 Å². The summed E-state index contributed by atoms with van der Waals surface area (Å²) in [7, 11) is 0. The lowest BCUT2D eigenvalue weighted by Crippen LogP contribution is -2.33. The molecule has 1 aliphatic heterocycles. The highest BCUT2D eigenvalue weighted by Crippen LogP contribution is 2.28. The van der Waals surface area contributed by atoms with Crippen molar-refractivity contribution in [1.82, 2.24) is 4.90 Å². The van der Waals surface area contributed by atoms with Crippen LogP contribution < -0.4 is 0 Å². The molecule has 1 aromatic rings. The SMILES string of the molecule is CCC(C)c1cc2c(cc1F)CCN(CCO)C2. The first-order valence-electron chi connectivity index (χ1n) is 6.80. The summed E-state index contributed by atoms with van der Waals surface area (Å²) in [4.78, 5) is 2.22. The molecule has 0 saturated heterocycles. The molecule has 1 aromatic carbocycles. The molecule has 18 heavy (non-hydrogen) atoms. The molecule has 1 N–H and O–H groups in total. The molecule has 0 radical (unpaired) electrons. The summed E-state index contributed by atoms with van der Waals surface area (Å²) < 4.78 is 14.0. The molecule has 1 unspecified atom stereocenters. The standard InChI is InChI=1S/C15H22FNO/c1-3-11(2)14-8-13-10-17(6-7-18)5-4-12(13)9-15(14)16/h8-9,11,18H,3-7,10H2,1-2H3. The predicted octanol–water partition coefficient (Wildman–Crippen LogP) is 2.69. The maximum atomic E-state index is 14.0. The molecule has 100 valence electrons. The van der Waals surface area contributed by atoms with Gasteiger partial charge in [-0.05, 0) is 41.5 Å².